The molecule has 106 valence electrons. The molecule has 3 nitrogen and oxygen atoms in total. The van der Waals surface area contributed by atoms with Gasteiger partial charge in [0.05, 0.1) is 6.04 Å². The normalized spacial score (nSPS) is 13.7. The lowest BCUT2D eigenvalue weighted by atomic mass is 10.0. The number of rotatable bonds is 6. The highest BCUT2D eigenvalue weighted by molar-refractivity contribution is 7.10. The fourth-order valence-corrected chi connectivity index (χ4v) is 2.81. The summed E-state index contributed by atoms with van der Waals surface area (Å²) in [6, 6.07) is 13.9. The Hall–Kier alpha value is -1.65. The average Bonchev–Trinajstić information content (AvgIpc) is 3.00. The molecule has 1 heterocycles. The van der Waals surface area contributed by atoms with Gasteiger partial charge in [-0.15, -0.1) is 11.3 Å². The van der Waals surface area contributed by atoms with Gasteiger partial charge < -0.3 is 11.1 Å². The fourth-order valence-electron chi connectivity index (χ4n) is 2.08. The summed E-state index contributed by atoms with van der Waals surface area (Å²) in [5, 5.41) is 5.02. The van der Waals surface area contributed by atoms with E-state index in [1.54, 1.807) is 11.3 Å². The lowest BCUT2D eigenvalue weighted by Gasteiger charge is -2.14. The van der Waals surface area contributed by atoms with Gasteiger partial charge in [-0.2, -0.15) is 0 Å². The zero-order chi connectivity index (χ0) is 14.4. The van der Waals surface area contributed by atoms with Crippen molar-refractivity contribution in [2.75, 3.05) is 0 Å². The van der Waals surface area contributed by atoms with Crippen LogP contribution in [0.15, 0.2) is 47.8 Å². The summed E-state index contributed by atoms with van der Waals surface area (Å²) in [5.41, 5.74) is 7.17. The van der Waals surface area contributed by atoms with Crippen molar-refractivity contribution in [3.8, 4) is 0 Å². The Morgan fingerprint density at radius 2 is 2.00 bits per heavy atom. The molecular weight excluding hydrogens is 268 g/mol. The molecule has 20 heavy (non-hydrogen) atoms. The fraction of sp³-hybridized carbons (Fsp3) is 0.312. The molecule has 0 aliphatic carbocycles. The van der Waals surface area contributed by atoms with Crippen LogP contribution in [-0.2, 0) is 4.79 Å². The minimum absolute atomic E-state index is 0.0530. The van der Waals surface area contributed by atoms with Crippen LogP contribution in [0.4, 0.5) is 0 Å². The molecule has 0 saturated carbocycles. The minimum Gasteiger partial charge on any atom is -0.349 e. The second-order valence-corrected chi connectivity index (χ2v) is 5.84. The van der Waals surface area contributed by atoms with E-state index in [4.69, 9.17) is 5.73 Å². The molecular formula is C16H20N2OS. The van der Waals surface area contributed by atoms with Crippen LogP contribution in [-0.4, -0.2) is 5.91 Å². The minimum atomic E-state index is -0.0843. The first kappa shape index (κ1) is 14.8. The molecule has 1 unspecified atom stereocenters. The molecule has 0 saturated heterocycles. The van der Waals surface area contributed by atoms with E-state index in [9.17, 15) is 4.79 Å². The van der Waals surface area contributed by atoms with E-state index < -0.39 is 0 Å². The molecule has 4 heteroatoms. The highest BCUT2D eigenvalue weighted by atomic mass is 32.1. The zero-order valence-corrected chi connectivity index (χ0v) is 12.4. The Morgan fingerprint density at radius 3 is 2.65 bits per heavy atom. The van der Waals surface area contributed by atoms with Crippen LogP contribution in [0.2, 0.25) is 0 Å². The van der Waals surface area contributed by atoms with Crippen LogP contribution in [0.3, 0.4) is 0 Å². The van der Waals surface area contributed by atoms with Crippen molar-refractivity contribution in [2.24, 2.45) is 5.73 Å². The predicted molar refractivity (Wildman–Crippen MR) is 83.5 cm³/mol. The van der Waals surface area contributed by atoms with Gasteiger partial charge >= 0.3 is 0 Å². The Kier molecular flexibility index (Phi) is 5.32. The van der Waals surface area contributed by atoms with Gasteiger partial charge in [0.15, 0.2) is 0 Å². The summed E-state index contributed by atoms with van der Waals surface area (Å²) in [5.74, 6) is 0.0530. The molecule has 1 aromatic heterocycles. The number of benzene rings is 1. The van der Waals surface area contributed by atoms with Gasteiger partial charge in [0.2, 0.25) is 5.91 Å². The third kappa shape index (κ3) is 4.18. The Morgan fingerprint density at radius 1 is 1.25 bits per heavy atom. The molecule has 2 atom stereocenters. The average molecular weight is 288 g/mol. The van der Waals surface area contributed by atoms with Crippen molar-refractivity contribution < 1.29 is 4.79 Å². The van der Waals surface area contributed by atoms with Crippen molar-refractivity contribution in [2.45, 2.75) is 31.8 Å². The molecule has 0 aliphatic rings. The first-order chi connectivity index (χ1) is 9.66. The van der Waals surface area contributed by atoms with Gasteiger partial charge in [-0.1, -0.05) is 36.4 Å². The smallest absolute Gasteiger partial charge is 0.220 e. The predicted octanol–water partition coefficient (Wildman–Crippen LogP) is 3.41. The second kappa shape index (κ2) is 7.22. The highest BCUT2D eigenvalue weighted by Gasteiger charge is 2.12. The largest absolute Gasteiger partial charge is 0.349 e. The van der Waals surface area contributed by atoms with E-state index in [0.29, 0.717) is 12.8 Å². The number of nitrogens with one attached hydrogen (secondary N) is 1. The SMILES string of the molecule is C[C@@H](NC(=O)CCC(N)c1ccccc1)c1cccs1. The van der Waals surface area contributed by atoms with Crippen molar-refractivity contribution >= 4 is 17.2 Å². The molecule has 0 radical (unpaired) electrons. The van der Waals surface area contributed by atoms with Crippen LogP contribution in [0, 0.1) is 0 Å². The van der Waals surface area contributed by atoms with Crippen LogP contribution in [0.5, 0.6) is 0 Å². The van der Waals surface area contributed by atoms with Gasteiger partial charge in [0, 0.05) is 17.3 Å². The quantitative estimate of drug-likeness (QED) is 0.856. The Labute approximate surface area is 123 Å². The third-order valence-corrected chi connectivity index (χ3v) is 4.31. The molecule has 0 bridgehead atoms. The molecule has 0 aliphatic heterocycles. The zero-order valence-electron chi connectivity index (χ0n) is 11.6. The van der Waals surface area contributed by atoms with Gasteiger partial charge in [-0.25, -0.2) is 0 Å². The third-order valence-electron chi connectivity index (χ3n) is 3.26. The van der Waals surface area contributed by atoms with Crippen molar-refractivity contribution in [3.63, 3.8) is 0 Å². The van der Waals surface area contributed by atoms with E-state index in [2.05, 4.69) is 5.32 Å². The molecule has 0 spiro atoms. The van der Waals surface area contributed by atoms with E-state index in [1.165, 1.54) is 4.88 Å². The number of nitrogens with two attached hydrogens (primary N) is 1. The topological polar surface area (TPSA) is 55.1 Å². The maximum absolute atomic E-state index is 11.9. The number of carbonyl (C=O) groups is 1. The molecule has 2 aromatic rings. The summed E-state index contributed by atoms with van der Waals surface area (Å²) in [6.07, 6.45) is 1.11. The number of hydrogen-bond acceptors (Lipinski definition) is 3. The van der Waals surface area contributed by atoms with Crippen LogP contribution >= 0.6 is 11.3 Å². The summed E-state index contributed by atoms with van der Waals surface area (Å²) in [7, 11) is 0. The van der Waals surface area contributed by atoms with Gasteiger partial charge in [0.1, 0.15) is 0 Å². The van der Waals surface area contributed by atoms with Gasteiger partial charge in [-0.3, -0.25) is 4.79 Å². The van der Waals surface area contributed by atoms with E-state index in [0.717, 1.165) is 5.56 Å². The van der Waals surface area contributed by atoms with Gasteiger partial charge in [0.25, 0.3) is 0 Å². The van der Waals surface area contributed by atoms with E-state index >= 15 is 0 Å². The summed E-state index contributed by atoms with van der Waals surface area (Å²) >= 11 is 1.65. The van der Waals surface area contributed by atoms with Crippen LogP contribution < -0.4 is 11.1 Å². The Bertz CT molecular complexity index is 525. The van der Waals surface area contributed by atoms with Crippen molar-refractivity contribution in [1.29, 1.82) is 0 Å². The standard InChI is InChI=1S/C16H20N2OS/c1-12(15-8-5-11-20-15)18-16(19)10-9-14(17)13-6-3-2-4-7-13/h2-8,11-12,14H,9-10,17H2,1H3,(H,18,19)/t12-,14?/m1/s1. The van der Waals surface area contributed by atoms with E-state index in [-0.39, 0.29) is 18.0 Å². The monoisotopic (exact) mass is 288 g/mol. The lowest BCUT2D eigenvalue weighted by molar-refractivity contribution is -0.121. The first-order valence-electron chi connectivity index (χ1n) is 6.80. The van der Waals surface area contributed by atoms with Crippen LogP contribution in [0.1, 0.15) is 42.3 Å². The Balaban J connectivity index is 1.78. The molecule has 2 rings (SSSR count). The summed E-state index contributed by atoms with van der Waals surface area (Å²) in [4.78, 5) is 13.1. The number of amides is 1. The molecule has 0 fully saturated rings. The maximum Gasteiger partial charge on any atom is 0.220 e. The first-order valence-corrected chi connectivity index (χ1v) is 7.68. The maximum atomic E-state index is 11.9. The van der Waals surface area contributed by atoms with Crippen LogP contribution in [0.25, 0.3) is 0 Å². The number of thiophene rings is 1. The lowest BCUT2D eigenvalue weighted by Crippen LogP contribution is -2.27. The van der Waals surface area contributed by atoms with E-state index in [1.807, 2.05) is 54.8 Å². The van der Waals surface area contributed by atoms with Gasteiger partial charge in [-0.05, 0) is 30.4 Å². The molecule has 1 amide bonds. The molecule has 1 aromatic carbocycles. The molecule has 3 N–H and O–H groups in total. The highest BCUT2D eigenvalue weighted by Crippen LogP contribution is 2.19. The summed E-state index contributed by atoms with van der Waals surface area (Å²) in [6.45, 7) is 2.00. The second-order valence-electron chi connectivity index (χ2n) is 4.86. The van der Waals surface area contributed by atoms with Crippen molar-refractivity contribution in [3.05, 3.63) is 58.3 Å². The van der Waals surface area contributed by atoms with Crippen molar-refractivity contribution in [1.82, 2.24) is 5.32 Å². The number of hydrogen-bond donors (Lipinski definition) is 2. The summed E-state index contributed by atoms with van der Waals surface area (Å²) < 4.78 is 0. The number of carbonyl (C=O) groups excluding carboxylic acids is 1.